The Morgan fingerprint density at radius 2 is 1.65 bits per heavy atom. The first-order chi connectivity index (χ1) is 14.8. The Morgan fingerprint density at radius 3 is 2.39 bits per heavy atom. The van der Waals surface area contributed by atoms with Gasteiger partial charge in [-0.3, -0.25) is 0 Å². The van der Waals surface area contributed by atoms with Gasteiger partial charge in [-0.05, 0) is 111 Å². The third-order valence-corrected chi connectivity index (χ3v) is 10.4. The minimum atomic E-state index is -0.820. The minimum absolute atomic E-state index is 0.368. The lowest BCUT2D eigenvalue weighted by Gasteiger charge is -2.61. The van der Waals surface area contributed by atoms with Crippen molar-refractivity contribution in [2.45, 2.75) is 90.3 Å². The molecule has 1 N–H and O–H groups in total. The Morgan fingerprint density at radius 1 is 0.903 bits per heavy atom. The van der Waals surface area contributed by atoms with E-state index in [0.717, 1.165) is 42.6 Å². The molecule has 0 aliphatic heterocycles. The van der Waals surface area contributed by atoms with Gasteiger partial charge in [-0.25, -0.2) is 0 Å². The van der Waals surface area contributed by atoms with Crippen molar-refractivity contribution in [1.29, 1.82) is 0 Å². The van der Waals surface area contributed by atoms with Gasteiger partial charge in [-0.15, -0.1) is 0 Å². The second kappa shape index (κ2) is 7.64. The number of ether oxygens (including phenoxy) is 1. The zero-order chi connectivity index (χ0) is 21.9. The quantitative estimate of drug-likeness (QED) is 0.553. The maximum Gasteiger partial charge on any atom is 0.126 e. The van der Waals surface area contributed by atoms with E-state index in [4.69, 9.17) is 4.74 Å². The normalized spacial score (nSPS) is 46.3. The van der Waals surface area contributed by atoms with Gasteiger partial charge in [0.25, 0.3) is 0 Å². The second-order valence-electron chi connectivity index (χ2n) is 11.9. The molecule has 168 valence electrons. The van der Waals surface area contributed by atoms with Crippen molar-refractivity contribution in [3.05, 3.63) is 35.4 Å². The monoisotopic (exact) mass is 420 g/mol. The second-order valence-corrected chi connectivity index (χ2v) is 11.9. The van der Waals surface area contributed by atoms with Crippen LogP contribution in [0.15, 0.2) is 24.3 Å². The maximum absolute atomic E-state index is 11.4. The maximum atomic E-state index is 11.4. The summed E-state index contributed by atoms with van der Waals surface area (Å²) < 4.78 is 5.94. The molecule has 8 atom stereocenters. The first-order valence-electron chi connectivity index (χ1n) is 12.6. The average Bonchev–Trinajstić information content (AvgIpc) is 3.10. The number of hydrogen-bond donors (Lipinski definition) is 1. The molecule has 0 saturated heterocycles. The fourth-order valence-electron chi connectivity index (χ4n) is 8.52. The molecule has 0 unspecified atom stereocenters. The fourth-order valence-corrected chi connectivity index (χ4v) is 8.52. The van der Waals surface area contributed by atoms with Crippen LogP contribution in [0.1, 0.15) is 82.8 Å². The molecule has 0 heterocycles. The van der Waals surface area contributed by atoms with Crippen LogP contribution in [0.5, 0.6) is 0 Å². The van der Waals surface area contributed by atoms with Crippen LogP contribution in [0, 0.1) is 53.3 Å². The molecule has 4 fully saturated rings. The number of aliphatic hydroxyl groups is 1. The molecule has 2 nitrogen and oxygen atoms in total. The van der Waals surface area contributed by atoms with Crippen molar-refractivity contribution in [3.8, 4) is 11.8 Å². The molecule has 5 rings (SSSR count). The summed E-state index contributed by atoms with van der Waals surface area (Å²) in [6.45, 7) is 7.18. The van der Waals surface area contributed by atoms with E-state index in [-0.39, 0.29) is 0 Å². The lowest BCUT2D eigenvalue weighted by atomic mass is 9.44. The first kappa shape index (κ1) is 21.5. The van der Waals surface area contributed by atoms with Gasteiger partial charge < -0.3 is 9.84 Å². The lowest BCUT2D eigenvalue weighted by Crippen LogP contribution is -2.56. The molecule has 4 aliphatic rings. The molecule has 4 saturated carbocycles. The fraction of sp³-hybridized carbons (Fsp3) is 0.724. The van der Waals surface area contributed by atoms with Gasteiger partial charge in [-0.1, -0.05) is 43.4 Å². The molecule has 0 aromatic heterocycles. The number of fused-ring (bicyclic) bond motifs is 5. The van der Waals surface area contributed by atoms with E-state index >= 15 is 0 Å². The van der Waals surface area contributed by atoms with Crippen LogP contribution in [0.25, 0.3) is 0 Å². The Bertz CT molecular complexity index is 878. The van der Waals surface area contributed by atoms with Gasteiger partial charge in [-0.2, -0.15) is 0 Å². The molecule has 1 aromatic rings. The summed E-state index contributed by atoms with van der Waals surface area (Å²) in [5.74, 6) is 9.68. The van der Waals surface area contributed by atoms with Crippen LogP contribution < -0.4 is 0 Å². The van der Waals surface area contributed by atoms with Gasteiger partial charge in [0.15, 0.2) is 0 Å². The Balaban J connectivity index is 1.34. The van der Waals surface area contributed by atoms with E-state index in [1.54, 1.807) is 0 Å². The average molecular weight is 421 g/mol. The highest BCUT2D eigenvalue weighted by molar-refractivity contribution is 5.38. The van der Waals surface area contributed by atoms with Gasteiger partial charge in [0.05, 0.1) is 6.10 Å². The summed E-state index contributed by atoms with van der Waals surface area (Å²) >= 11 is 0. The molecule has 31 heavy (non-hydrogen) atoms. The lowest BCUT2D eigenvalue weighted by molar-refractivity contribution is -0.146. The number of benzene rings is 1. The molecule has 1 aromatic carbocycles. The van der Waals surface area contributed by atoms with Gasteiger partial charge in [0.2, 0.25) is 0 Å². The molecule has 4 aliphatic carbocycles. The van der Waals surface area contributed by atoms with Crippen LogP contribution in [-0.2, 0) is 4.74 Å². The van der Waals surface area contributed by atoms with Crippen LogP contribution >= 0.6 is 0 Å². The topological polar surface area (TPSA) is 29.5 Å². The highest BCUT2D eigenvalue weighted by Gasteiger charge is 2.61. The first-order valence-corrected chi connectivity index (χ1v) is 12.6. The molecular formula is C29H40O2. The standard InChI is InChI=1S/C29H40O2/c1-20-5-7-21(8-6-20)13-16-29(30)18-17-27(2)22(19-29)9-10-23-24-11-12-26(31-4)28(24,3)15-14-25(23)27/h5-8,22-26,30H,9-12,14-15,17-19H2,1-4H3/t22-,23+,24+,25+,26+,27+,28+,29-/m1/s1. The number of rotatable bonds is 1. The minimum Gasteiger partial charge on any atom is -0.381 e. The number of aryl methyl sites for hydroxylation is 1. The van der Waals surface area contributed by atoms with E-state index < -0.39 is 5.60 Å². The van der Waals surface area contributed by atoms with Crippen molar-refractivity contribution in [1.82, 2.24) is 0 Å². The van der Waals surface area contributed by atoms with E-state index in [2.05, 4.69) is 56.9 Å². The summed E-state index contributed by atoms with van der Waals surface area (Å²) in [6, 6.07) is 8.33. The van der Waals surface area contributed by atoms with Gasteiger partial charge in [0.1, 0.15) is 5.60 Å². The summed E-state index contributed by atoms with van der Waals surface area (Å²) in [5, 5.41) is 11.4. The van der Waals surface area contributed by atoms with E-state index in [0.29, 0.717) is 22.9 Å². The van der Waals surface area contributed by atoms with Crippen LogP contribution in [0.4, 0.5) is 0 Å². The third kappa shape index (κ3) is 3.48. The Hall–Kier alpha value is -1.30. The Labute approximate surface area is 189 Å². The summed E-state index contributed by atoms with van der Waals surface area (Å²) in [5.41, 5.74) is 2.19. The smallest absolute Gasteiger partial charge is 0.126 e. The largest absolute Gasteiger partial charge is 0.381 e. The van der Waals surface area contributed by atoms with Crippen molar-refractivity contribution < 1.29 is 9.84 Å². The SMILES string of the molecule is CO[C@H]1CC[C@H]2[C@@H]3CC[C@@H]4C[C@@](O)(C#Cc5ccc(C)cc5)CC[C@]4(C)[C@H]3CC[C@]12C. The number of hydrogen-bond acceptors (Lipinski definition) is 2. The van der Waals surface area contributed by atoms with Crippen molar-refractivity contribution in [2.24, 2.45) is 34.5 Å². The number of methoxy groups -OCH3 is 1. The predicted molar refractivity (Wildman–Crippen MR) is 126 cm³/mol. The molecule has 0 spiro atoms. The zero-order valence-corrected chi connectivity index (χ0v) is 19.9. The zero-order valence-electron chi connectivity index (χ0n) is 19.9. The molecule has 0 bridgehead atoms. The van der Waals surface area contributed by atoms with Gasteiger partial charge >= 0.3 is 0 Å². The van der Waals surface area contributed by atoms with Crippen LogP contribution in [-0.4, -0.2) is 23.9 Å². The van der Waals surface area contributed by atoms with Crippen molar-refractivity contribution in [2.75, 3.05) is 7.11 Å². The molecule has 0 amide bonds. The highest BCUT2D eigenvalue weighted by atomic mass is 16.5. The van der Waals surface area contributed by atoms with Crippen LogP contribution in [0.3, 0.4) is 0 Å². The molecule has 2 heteroatoms. The molecular weight excluding hydrogens is 380 g/mol. The van der Waals surface area contributed by atoms with E-state index in [1.807, 2.05) is 7.11 Å². The van der Waals surface area contributed by atoms with E-state index in [9.17, 15) is 5.11 Å². The van der Waals surface area contributed by atoms with Crippen LogP contribution in [0.2, 0.25) is 0 Å². The predicted octanol–water partition coefficient (Wildman–Crippen LogP) is 6.14. The van der Waals surface area contributed by atoms with E-state index in [1.165, 1.54) is 44.1 Å². The molecule has 0 radical (unpaired) electrons. The third-order valence-electron chi connectivity index (χ3n) is 10.4. The van der Waals surface area contributed by atoms with Crippen molar-refractivity contribution in [3.63, 3.8) is 0 Å². The summed E-state index contributed by atoms with van der Waals surface area (Å²) in [7, 11) is 1.92. The van der Waals surface area contributed by atoms with Crippen molar-refractivity contribution >= 4 is 0 Å². The highest BCUT2D eigenvalue weighted by Crippen LogP contribution is 2.67. The van der Waals surface area contributed by atoms with Gasteiger partial charge in [0, 0.05) is 12.7 Å². The summed E-state index contributed by atoms with van der Waals surface area (Å²) in [6.07, 6.45) is 11.1. The Kier molecular flexibility index (Phi) is 5.31. The summed E-state index contributed by atoms with van der Waals surface area (Å²) in [4.78, 5) is 0.